The van der Waals surface area contributed by atoms with Crippen LogP contribution in [-0.2, 0) is 5.88 Å². The summed E-state index contributed by atoms with van der Waals surface area (Å²) in [7, 11) is 0. The molecule has 0 heterocycles. The van der Waals surface area contributed by atoms with Crippen LogP contribution in [0.15, 0.2) is 48.5 Å². The number of phenols is 1. The van der Waals surface area contributed by atoms with Crippen molar-refractivity contribution in [1.29, 1.82) is 0 Å². The zero-order valence-electron chi connectivity index (χ0n) is 9.31. The molecule has 0 aliphatic heterocycles. The lowest BCUT2D eigenvalue weighted by molar-refractivity contribution is 0.469. The van der Waals surface area contributed by atoms with Gasteiger partial charge in [0.2, 0.25) is 0 Å². The van der Waals surface area contributed by atoms with Crippen molar-refractivity contribution in [3.8, 4) is 5.75 Å². The Kier molecular flexibility index (Phi) is 3.84. The summed E-state index contributed by atoms with van der Waals surface area (Å²) in [5.41, 5.74) is 2.64. The van der Waals surface area contributed by atoms with Gasteiger partial charge in [0.1, 0.15) is 5.75 Å². The van der Waals surface area contributed by atoms with Gasteiger partial charge in [0.25, 0.3) is 0 Å². The molecule has 0 bridgehead atoms. The Bertz CT molecular complexity index is 518. The van der Waals surface area contributed by atoms with Gasteiger partial charge in [-0.2, -0.15) is 0 Å². The second kappa shape index (κ2) is 5.55. The number of phenolic OH excluding ortho intramolecular Hbond substituents is 1. The number of benzene rings is 2. The molecule has 0 saturated carbocycles. The van der Waals surface area contributed by atoms with Gasteiger partial charge in [-0.15, -0.1) is 11.6 Å². The van der Waals surface area contributed by atoms with E-state index in [2.05, 4.69) is 0 Å². The monoisotopic (exact) mass is 244 g/mol. The maximum atomic E-state index is 9.93. The fourth-order valence-electron chi connectivity index (χ4n) is 1.60. The predicted octanol–water partition coefficient (Wildman–Crippen LogP) is 4.30. The number of para-hydroxylation sites is 1. The summed E-state index contributed by atoms with van der Waals surface area (Å²) in [4.78, 5) is 0. The van der Waals surface area contributed by atoms with Crippen LogP contribution in [0.4, 0.5) is 0 Å². The second-order valence-corrected chi connectivity index (χ2v) is 4.00. The number of hydrogen-bond acceptors (Lipinski definition) is 1. The number of aromatic hydroxyl groups is 1. The molecule has 2 aromatic rings. The van der Waals surface area contributed by atoms with Crippen LogP contribution in [0.25, 0.3) is 12.2 Å². The van der Waals surface area contributed by atoms with Crippen molar-refractivity contribution < 1.29 is 5.11 Å². The lowest BCUT2D eigenvalue weighted by Crippen LogP contribution is -1.82. The Hall–Kier alpha value is -1.73. The third-order valence-corrected chi connectivity index (χ3v) is 2.84. The Balaban J connectivity index is 2.28. The lowest BCUT2D eigenvalue weighted by atomic mass is 10.1. The molecule has 17 heavy (non-hydrogen) atoms. The standard InChI is InChI=1S/C15H13ClO/c16-11-14-8-4-7-13(15(14)17)10-9-12-5-2-1-3-6-12/h1-10,17H,11H2/b10-9+. The summed E-state index contributed by atoms with van der Waals surface area (Å²) in [6.07, 6.45) is 3.85. The molecule has 2 rings (SSSR count). The fourth-order valence-corrected chi connectivity index (χ4v) is 1.82. The van der Waals surface area contributed by atoms with Gasteiger partial charge in [-0.25, -0.2) is 0 Å². The molecule has 0 atom stereocenters. The number of alkyl halides is 1. The predicted molar refractivity (Wildman–Crippen MR) is 73.0 cm³/mol. The van der Waals surface area contributed by atoms with Crippen LogP contribution in [0.5, 0.6) is 5.75 Å². The van der Waals surface area contributed by atoms with Crippen molar-refractivity contribution >= 4 is 23.8 Å². The smallest absolute Gasteiger partial charge is 0.127 e. The highest BCUT2D eigenvalue weighted by molar-refractivity contribution is 6.17. The van der Waals surface area contributed by atoms with Crippen LogP contribution in [-0.4, -0.2) is 5.11 Å². The molecule has 1 N–H and O–H groups in total. The summed E-state index contributed by atoms with van der Waals surface area (Å²) in [5.74, 6) is 0.577. The first-order valence-corrected chi connectivity index (χ1v) is 5.94. The minimum absolute atomic E-state index is 0.259. The second-order valence-electron chi connectivity index (χ2n) is 3.73. The average Bonchev–Trinajstić information content (AvgIpc) is 2.39. The van der Waals surface area contributed by atoms with E-state index >= 15 is 0 Å². The van der Waals surface area contributed by atoms with E-state index in [1.54, 1.807) is 0 Å². The molecule has 0 aliphatic rings. The van der Waals surface area contributed by atoms with Gasteiger partial charge in [0, 0.05) is 11.1 Å². The molecule has 2 heteroatoms. The highest BCUT2D eigenvalue weighted by atomic mass is 35.5. The van der Waals surface area contributed by atoms with E-state index in [0.29, 0.717) is 5.88 Å². The fraction of sp³-hybridized carbons (Fsp3) is 0.0667. The van der Waals surface area contributed by atoms with E-state index in [0.717, 1.165) is 16.7 Å². The van der Waals surface area contributed by atoms with Gasteiger partial charge in [-0.1, -0.05) is 60.7 Å². The summed E-state index contributed by atoms with van der Waals surface area (Å²) >= 11 is 5.74. The van der Waals surface area contributed by atoms with Gasteiger partial charge in [0.15, 0.2) is 0 Å². The van der Waals surface area contributed by atoms with E-state index in [1.807, 2.05) is 60.7 Å². The molecule has 0 unspecified atom stereocenters. The van der Waals surface area contributed by atoms with Crippen molar-refractivity contribution in [2.45, 2.75) is 5.88 Å². The number of halogens is 1. The summed E-state index contributed by atoms with van der Waals surface area (Å²) in [6.45, 7) is 0. The quantitative estimate of drug-likeness (QED) is 0.630. The third kappa shape index (κ3) is 2.89. The molecule has 1 nitrogen and oxygen atoms in total. The zero-order valence-corrected chi connectivity index (χ0v) is 10.1. The first-order valence-electron chi connectivity index (χ1n) is 5.41. The lowest BCUT2D eigenvalue weighted by Gasteiger charge is -2.03. The molecule has 0 amide bonds. The van der Waals surface area contributed by atoms with Gasteiger partial charge in [0.05, 0.1) is 5.88 Å². The summed E-state index contributed by atoms with van der Waals surface area (Å²) in [5, 5.41) is 9.93. The van der Waals surface area contributed by atoms with Crippen LogP contribution in [0.2, 0.25) is 0 Å². The number of rotatable bonds is 3. The van der Waals surface area contributed by atoms with Gasteiger partial charge >= 0.3 is 0 Å². The minimum atomic E-state index is 0.259. The third-order valence-electron chi connectivity index (χ3n) is 2.55. The van der Waals surface area contributed by atoms with Crippen LogP contribution < -0.4 is 0 Å². The highest BCUT2D eigenvalue weighted by Crippen LogP contribution is 2.25. The molecule has 0 spiro atoms. The molecule has 0 fully saturated rings. The van der Waals surface area contributed by atoms with Crippen molar-refractivity contribution in [3.05, 3.63) is 65.2 Å². The summed E-state index contributed by atoms with van der Waals surface area (Å²) in [6, 6.07) is 15.5. The van der Waals surface area contributed by atoms with Crippen LogP contribution in [0.1, 0.15) is 16.7 Å². The largest absolute Gasteiger partial charge is 0.507 e. The molecule has 2 aromatic carbocycles. The molecule has 0 radical (unpaired) electrons. The first kappa shape index (κ1) is 11.7. The zero-order chi connectivity index (χ0) is 12.1. The van der Waals surface area contributed by atoms with Crippen LogP contribution in [0, 0.1) is 0 Å². The molecule has 86 valence electrons. The van der Waals surface area contributed by atoms with E-state index < -0.39 is 0 Å². The van der Waals surface area contributed by atoms with E-state index in [1.165, 1.54) is 0 Å². The van der Waals surface area contributed by atoms with Gasteiger partial charge in [-0.05, 0) is 5.56 Å². The van der Waals surface area contributed by atoms with E-state index in [4.69, 9.17) is 11.6 Å². The maximum absolute atomic E-state index is 9.93. The average molecular weight is 245 g/mol. The Morgan fingerprint density at radius 1 is 0.941 bits per heavy atom. The molecular formula is C15H13ClO. The van der Waals surface area contributed by atoms with Crippen molar-refractivity contribution in [2.24, 2.45) is 0 Å². The van der Waals surface area contributed by atoms with Crippen LogP contribution >= 0.6 is 11.6 Å². The maximum Gasteiger partial charge on any atom is 0.127 e. The Morgan fingerprint density at radius 3 is 2.41 bits per heavy atom. The van der Waals surface area contributed by atoms with Crippen LogP contribution in [0.3, 0.4) is 0 Å². The highest BCUT2D eigenvalue weighted by Gasteiger charge is 2.02. The normalized spacial score (nSPS) is 10.9. The molecule has 0 saturated heterocycles. The first-order chi connectivity index (χ1) is 8.31. The van der Waals surface area contributed by atoms with E-state index in [-0.39, 0.29) is 5.75 Å². The van der Waals surface area contributed by atoms with Crippen molar-refractivity contribution in [2.75, 3.05) is 0 Å². The van der Waals surface area contributed by atoms with Crippen molar-refractivity contribution in [1.82, 2.24) is 0 Å². The molecule has 0 aromatic heterocycles. The number of hydrogen-bond donors (Lipinski definition) is 1. The van der Waals surface area contributed by atoms with Gasteiger partial charge in [-0.3, -0.25) is 0 Å². The minimum Gasteiger partial charge on any atom is -0.507 e. The molecular weight excluding hydrogens is 232 g/mol. The Labute approximate surface area is 106 Å². The topological polar surface area (TPSA) is 20.2 Å². The van der Waals surface area contributed by atoms with Gasteiger partial charge < -0.3 is 5.11 Å². The van der Waals surface area contributed by atoms with Crippen molar-refractivity contribution in [3.63, 3.8) is 0 Å². The summed E-state index contributed by atoms with van der Waals surface area (Å²) < 4.78 is 0. The SMILES string of the molecule is Oc1c(/C=C/c2ccccc2)cccc1CCl. The molecule has 0 aliphatic carbocycles. The van der Waals surface area contributed by atoms with E-state index in [9.17, 15) is 5.11 Å². The Morgan fingerprint density at radius 2 is 1.71 bits per heavy atom.